The second-order valence-corrected chi connectivity index (χ2v) is 4.98. The van der Waals surface area contributed by atoms with Crippen LogP contribution in [0.25, 0.3) is 11.0 Å². The summed E-state index contributed by atoms with van der Waals surface area (Å²) in [5, 5.41) is 8.85. The number of aryl methyl sites for hydroxylation is 1. The van der Waals surface area contributed by atoms with Gasteiger partial charge in [-0.25, -0.2) is 4.98 Å². The highest BCUT2D eigenvalue weighted by molar-refractivity contribution is 5.78. The summed E-state index contributed by atoms with van der Waals surface area (Å²) in [6, 6.07) is 7.79. The Bertz CT molecular complexity index is 579. The molecular formula is C13H15N3. The van der Waals surface area contributed by atoms with Gasteiger partial charge in [0.25, 0.3) is 0 Å². The van der Waals surface area contributed by atoms with Crippen molar-refractivity contribution in [2.45, 2.75) is 33.2 Å². The Labute approximate surface area is 95.3 Å². The number of benzene rings is 1. The fourth-order valence-corrected chi connectivity index (χ4v) is 2.12. The molecule has 0 fully saturated rings. The molecule has 2 aromatic rings. The van der Waals surface area contributed by atoms with Crippen LogP contribution in [0, 0.1) is 18.3 Å². The molecule has 3 heteroatoms. The van der Waals surface area contributed by atoms with E-state index in [1.54, 1.807) is 0 Å². The Hall–Kier alpha value is -1.82. The first kappa shape index (κ1) is 10.7. The minimum Gasteiger partial charge on any atom is -0.323 e. The quantitative estimate of drug-likeness (QED) is 0.675. The SMILES string of the molecule is Cc1nc2cc(C#N)ccc2n1C(C)(C)C. The van der Waals surface area contributed by atoms with E-state index in [-0.39, 0.29) is 5.54 Å². The number of hydrogen-bond acceptors (Lipinski definition) is 2. The maximum atomic E-state index is 8.85. The predicted molar refractivity (Wildman–Crippen MR) is 64.2 cm³/mol. The van der Waals surface area contributed by atoms with Gasteiger partial charge in [0, 0.05) is 5.54 Å². The van der Waals surface area contributed by atoms with Crippen molar-refractivity contribution < 1.29 is 0 Å². The number of aromatic nitrogens is 2. The third-order valence-electron chi connectivity index (χ3n) is 2.62. The molecule has 0 bridgehead atoms. The van der Waals surface area contributed by atoms with E-state index in [4.69, 9.17) is 5.26 Å². The van der Waals surface area contributed by atoms with E-state index in [1.807, 2.05) is 25.1 Å². The van der Waals surface area contributed by atoms with Crippen LogP contribution in [0.15, 0.2) is 18.2 Å². The zero-order valence-corrected chi connectivity index (χ0v) is 10.1. The Balaban J connectivity index is 2.78. The summed E-state index contributed by atoms with van der Waals surface area (Å²) in [5.74, 6) is 0.984. The smallest absolute Gasteiger partial charge is 0.107 e. The van der Waals surface area contributed by atoms with Gasteiger partial charge in [-0.2, -0.15) is 5.26 Å². The van der Waals surface area contributed by atoms with Crippen molar-refractivity contribution >= 4 is 11.0 Å². The van der Waals surface area contributed by atoms with Crippen LogP contribution >= 0.6 is 0 Å². The average Bonchev–Trinajstić information content (AvgIpc) is 2.51. The van der Waals surface area contributed by atoms with Crippen LogP contribution in [0.4, 0.5) is 0 Å². The molecule has 0 unspecified atom stereocenters. The number of imidazole rings is 1. The number of fused-ring (bicyclic) bond motifs is 1. The lowest BCUT2D eigenvalue weighted by atomic mass is 10.1. The second kappa shape index (κ2) is 3.34. The molecule has 82 valence electrons. The molecule has 1 aromatic heterocycles. The van der Waals surface area contributed by atoms with Crippen molar-refractivity contribution in [1.82, 2.24) is 9.55 Å². The van der Waals surface area contributed by atoms with Crippen molar-refractivity contribution in [3.63, 3.8) is 0 Å². The van der Waals surface area contributed by atoms with Gasteiger partial charge in [-0.05, 0) is 45.9 Å². The lowest BCUT2D eigenvalue weighted by Gasteiger charge is -2.23. The van der Waals surface area contributed by atoms with Gasteiger partial charge in [0.05, 0.1) is 22.7 Å². The molecule has 2 rings (SSSR count). The first-order valence-electron chi connectivity index (χ1n) is 5.33. The van der Waals surface area contributed by atoms with Gasteiger partial charge < -0.3 is 4.57 Å². The van der Waals surface area contributed by atoms with E-state index < -0.39 is 0 Å². The van der Waals surface area contributed by atoms with Gasteiger partial charge in [-0.1, -0.05) is 0 Å². The highest BCUT2D eigenvalue weighted by atomic mass is 15.1. The van der Waals surface area contributed by atoms with Crippen molar-refractivity contribution in [3.05, 3.63) is 29.6 Å². The van der Waals surface area contributed by atoms with Crippen LogP contribution < -0.4 is 0 Å². The lowest BCUT2D eigenvalue weighted by Crippen LogP contribution is -2.22. The number of hydrogen-bond donors (Lipinski definition) is 0. The molecule has 0 aliphatic rings. The molecule has 0 amide bonds. The summed E-state index contributed by atoms with van der Waals surface area (Å²) in [7, 11) is 0. The first-order valence-corrected chi connectivity index (χ1v) is 5.33. The molecule has 0 radical (unpaired) electrons. The van der Waals surface area contributed by atoms with Crippen LogP contribution in [-0.2, 0) is 5.54 Å². The first-order chi connectivity index (χ1) is 7.43. The van der Waals surface area contributed by atoms with Gasteiger partial charge in [0.1, 0.15) is 5.82 Å². The summed E-state index contributed by atoms with van der Waals surface area (Å²) in [5.41, 5.74) is 2.65. The van der Waals surface area contributed by atoms with Crippen molar-refractivity contribution in [3.8, 4) is 6.07 Å². The lowest BCUT2D eigenvalue weighted by molar-refractivity contribution is 0.400. The molecule has 0 N–H and O–H groups in total. The monoisotopic (exact) mass is 213 g/mol. The standard InChI is InChI=1S/C13H15N3/c1-9-15-11-7-10(8-14)5-6-12(11)16(9)13(2,3)4/h5-7H,1-4H3. The summed E-state index contributed by atoms with van der Waals surface area (Å²) in [4.78, 5) is 4.50. The number of rotatable bonds is 0. The summed E-state index contributed by atoms with van der Waals surface area (Å²) >= 11 is 0. The molecule has 1 heterocycles. The van der Waals surface area contributed by atoms with Crippen LogP contribution in [-0.4, -0.2) is 9.55 Å². The van der Waals surface area contributed by atoms with Crippen LogP contribution in [0.3, 0.4) is 0 Å². The van der Waals surface area contributed by atoms with Crippen molar-refractivity contribution in [1.29, 1.82) is 5.26 Å². The Kier molecular flexibility index (Phi) is 2.23. The van der Waals surface area contributed by atoms with E-state index in [0.717, 1.165) is 16.9 Å². The molecule has 16 heavy (non-hydrogen) atoms. The molecule has 0 aliphatic heterocycles. The zero-order valence-electron chi connectivity index (χ0n) is 10.1. The summed E-state index contributed by atoms with van der Waals surface area (Å²) in [6.45, 7) is 8.45. The van der Waals surface area contributed by atoms with Crippen LogP contribution in [0.5, 0.6) is 0 Å². The molecule has 0 saturated carbocycles. The maximum absolute atomic E-state index is 8.85. The third kappa shape index (κ3) is 1.57. The fraction of sp³-hybridized carbons (Fsp3) is 0.385. The van der Waals surface area contributed by atoms with Gasteiger partial charge in [-0.15, -0.1) is 0 Å². The van der Waals surface area contributed by atoms with E-state index in [2.05, 4.69) is 36.4 Å². The second-order valence-electron chi connectivity index (χ2n) is 4.98. The van der Waals surface area contributed by atoms with Crippen molar-refractivity contribution in [2.24, 2.45) is 0 Å². The zero-order chi connectivity index (χ0) is 11.9. The highest BCUT2D eigenvalue weighted by Gasteiger charge is 2.19. The van der Waals surface area contributed by atoms with E-state index in [9.17, 15) is 0 Å². The van der Waals surface area contributed by atoms with Gasteiger partial charge in [0.15, 0.2) is 0 Å². The van der Waals surface area contributed by atoms with E-state index >= 15 is 0 Å². The minimum absolute atomic E-state index is 0.00694. The van der Waals surface area contributed by atoms with E-state index in [1.165, 1.54) is 0 Å². The minimum atomic E-state index is 0.00694. The molecule has 1 aromatic carbocycles. The van der Waals surface area contributed by atoms with E-state index in [0.29, 0.717) is 5.56 Å². The molecule has 0 atom stereocenters. The Morgan fingerprint density at radius 2 is 2.00 bits per heavy atom. The van der Waals surface area contributed by atoms with Gasteiger partial charge in [0.2, 0.25) is 0 Å². The Morgan fingerprint density at radius 1 is 1.31 bits per heavy atom. The largest absolute Gasteiger partial charge is 0.323 e. The Morgan fingerprint density at radius 3 is 2.56 bits per heavy atom. The molecule has 0 saturated heterocycles. The van der Waals surface area contributed by atoms with Gasteiger partial charge in [-0.3, -0.25) is 0 Å². The third-order valence-corrected chi connectivity index (χ3v) is 2.62. The fourth-order valence-electron chi connectivity index (χ4n) is 2.12. The summed E-state index contributed by atoms with van der Waals surface area (Å²) in [6.07, 6.45) is 0. The average molecular weight is 213 g/mol. The molecule has 3 nitrogen and oxygen atoms in total. The highest BCUT2D eigenvalue weighted by Crippen LogP contribution is 2.25. The molecule has 0 aliphatic carbocycles. The van der Waals surface area contributed by atoms with Gasteiger partial charge >= 0.3 is 0 Å². The topological polar surface area (TPSA) is 41.6 Å². The molecular weight excluding hydrogens is 198 g/mol. The number of nitrogens with zero attached hydrogens (tertiary/aromatic N) is 3. The van der Waals surface area contributed by atoms with Crippen LogP contribution in [0.2, 0.25) is 0 Å². The maximum Gasteiger partial charge on any atom is 0.107 e. The summed E-state index contributed by atoms with van der Waals surface area (Å²) < 4.78 is 2.20. The number of nitriles is 1. The molecule has 0 spiro atoms. The van der Waals surface area contributed by atoms with Crippen LogP contribution in [0.1, 0.15) is 32.2 Å². The van der Waals surface area contributed by atoms with Crippen molar-refractivity contribution in [2.75, 3.05) is 0 Å². The normalized spacial score (nSPS) is 11.7. The predicted octanol–water partition coefficient (Wildman–Crippen LogP) is 2.97.